The van der Waals surface area contributed by atoms with E-state index in [9.17, 15) is 24.0 Å². The van der Waals surface area contributed by atoms with Gasteiger partial charge in [0.25, 0.3) is 5.91 Å². The van der Waals surface area contributed by atoms with Crippen LogP contribution in [0.4, 0.5) is 0 Å². The third kappa shape index (κ3) is 8.22. The van der Waals surface area contributed by atoms with Gasteiger partial charge >= 0.3 is 0 Å². The first kappa shape index (κ1) is 35.9. The van der Waals surface area contributed by atoms with Crippen molar-refractivity contribution < 1.29 is 28.8 Å². The molecular formula is C36H50ClN5O6. The topological polar surface area (TPSA) is 137 Å². The molecule has 3 fully saturated rings. The molecule has 4 amide bonds. The number of rotatable bonds is 11. The molecule has 2 saturated heterocycles. The molecule has 0 aromatic heterocycles. The first-order chi connectivity index (χ1) is 22.8. The maximum Gasteiger partial charge on any atom is 0.292 e. The fourth-order valence-corrected chi connectivity index (χ4v) is 7.35. The molecule has 5 rings (SSSR count). The number of hydroxylamine groups is 1. The molecule has 0 bridgehead atoms. The minimum atomic E-state index is -1.07. The van der Waals surface area contributed by atoms with Crippen LogP contribution in [0.2, 0.25) is 5.02 Å². The zero-order chi connectivity index (χ0) is 34.6. The molecule has 3 heterocycles. The highest BCUT2D eigenvalue weighted by Crippen LogP contribution is 2.39. The Bertz CT molecular complexity index is 1430. The molecule has 1 spiro atoms. The molecule has 11 nitrogen and oxygen atoms in total. The highest BCUT2D eigenvalue weighted by atomic mass is 35.5. The van der Waals surface area contributed by atoms with Crippen molar-refractivity contribution in [2.45, 2.75) is 116 Å². The molecule has 0 unspecified atom stereocenters. The number of ketones is 1. The molecule has 1 aromatic carbocycles. The Morgan fingerprint density at radius 3 is 2.42 bits per heavy atom. The molecular weight excluding hydrogens is 634 g/mol. The van der Waals surface area contributed by atoms with E-state index in [1.54, 1.807) is 12.1 Å². The van der Waals surface area contributed by atoms with Gasteiger partial charge in [0.2, 0.25) is 23.5 Å². The van der Waals surface area contributed by atoms with Gasteiger partial charge in [0.15, 0.2) is 0 Å². The van der Waals surface area contributed by atoms with Crippen molar-refractivity contribution in [3.63, 3.8) is 0 Å². The summed E-state index contributed by atoms with van der Waals surface area (Å²) in [6.45, 7) is 8.63. The van der Waals surface area contributed by atoms with Crippen molar-refractivity contribution in [2.75, 3.05) is 19.6 Å². The van der Waals surface area contributed by atoms with Crippen LogP contribution in [0, 0.1) is 11.3 Å². The third-order valence-corrected chi connectivity index (χ3v) is 10.3. The number of likely N-dealkylation sites (tertiary alicyclic amines) is 2. The molecule has 3 N–H and O–H groups in total. The number of hydrogen-bond acceptors (Lipinski definition) is 7. The normalized spacial score (nSPS) is 23.9. The van der Waals surface area contributed by atoms with Crippen molar-refractivity contribution in [3.05, 3.63) is 40.9 Å². The van der Waals surface area contributed by atoms with Crippen molar-refractivity contribution in [3.8, 4) is 0 Å². The molecule has 1 aliphatic carbocycles. The summed E-state index contributed by atoms with van der Waals surface area (Å²) in [6.07, 6.45) is 9.42. The minimum absolute atomic E-state index is 0.0329. The highest BCUT2D eigenvalue weighted by Gasteiger charge is 2.54. The van der Waals surface area contributed by atoms with Gasteiger partial charge in [0.05, 0.1) is 18.3 Å². The Kier molecular flexibility index (Phi) is 11.2. The maximum atomic E-state index is 14.5. The average Bonchev–Trinajstić information content (AvgIpc) is 3.61. The molecule has 48 heavy (non-hydrogen) atoms. The summed E-state index contributed by atoms with van der Waals surface area (Å²) in [5.74, 6) is -2.08. The molecule has 0 radical (unpaired) electrons. The second-order valence-electron chi connectivity index (χ2n) is 15.0. The zero-order valence-electron chi connectivity index (χ0n) is 28.6. The fourth-order valence-electron chi connectivity index (χ4n) is 7.16. The summed E-state index contributed by atoms with van der Waals surface area (Å²) in [6, 6.07) is 4.30. The van der Waals surface area contributed by atoms with Crippen molar-refractivity contribution in [1.82, 2.24) is 25.9 Å². The van der Waals surface area contributed by atoms with E-state index in [0.29, 0.717) is 42.6 Å². The number of benzene rings is 1. The van der Waals surface area contributed by atoms with Crippen LogP contribution in [0.25, 0.3) is 5.70 Å². The van der Waals surface area contributed by atoms with Crippen LogP contribution < -0.4 is 16.1 Å². The average molecular weight is 684 g/mol. The van der Waals surface area contributed by atoms with Crippen LogP contribution in [0.1, 0.15) is 97.5 Å². The van der Waals surface area contributed by atoms with Crippen LogP contribution >= 0.6 is 11.6 Å². The van der Waals surface area contributed by atoms with E-state index in [-0.39, 0.29) is 25.3 Å². The number of nitrogens with zero attached hydrogens (tertiary/aromatic N) is 2. The van der Waals surface area contributed by atoms with Gasteiger partial charge < -0.3 is 20.4 Å². The van der Waals surface area contributed by atoms with Gasteiger partial charge in [0, 0.05) is 36.5 Å². The predicted molar refractivity (Wildman–Crippen MR) is 182 cm³/mol. The monoisotopic (exact) mass is 683 g/mol. The lowest BCUT2D eigenvalue weighted by atomic mass is 9.84. The lowest BCUT2D eigenvalue weighted by Gasteiger charge is -2.36. The van der Waals surface area contributed by atoms with Crippen LogP contribution in [0.15, 0.2) is 30.3 Å². The first-order valence-corrected chi connectivity index (χ1v) is 17.8. The number of nitrogens with one attached hydrogen (secondary N) is 3. The minimum Gasteiger partial charge on any atom is -0.344 e. The predicted octanol–water partition coefficient (Wildman–Crippen LogP) is 4.14. The molecule has 4 atom stereocenters. The van der Waals surface area contributed by atoms with Crippen LogP contribution in [0.3, 0.4) is 0 Å². The van der Waals surface area contributed by atoms with Crippen LogP contribution in [0.5, 0.6) is 0 Å². The van der Waals surface area contributed by atoms with Crippen LogP contribution in [-0.2, 0) is 28.8 Å². The van der Waals surface area contributed by atoms with Gasteiger partial charge in [-0.25, -0.2) is 0 Å². The first-order valence-electron chi connectivity index (χ1n) is 17.5. The van der Waals surface area contributed by atoms with E-state index in [1.807, 2.05) is 45.9 Å². The summed E-state index contributed by atoms with van der Waals surface area (Å²) >= 11 is 6.25. The number of halogens is 1. The van der Waals surface area contributed by atoms with Crippen molar-refractivity contribution in [2.24, 2.45) is 11.3 Å². The van der Waals surface area contributed by atoms with Crippen molar-refractivity contribution >= 4 is 46.7 Å². The molecule has 3 aliphatic heterocycles. The number of carbonyl (C=O) groups excluding carboxylic acids is 5. The molecule has 262 valence electrons. The lowest BCUT2D eigenvalue weighted by molar-refractivity contribution is -0.149. The summed E-state index contributed by atoms with van der Waals surface area (Å²) in [5, 5.41) is 6.40. The summed E-state index contributed by atoms with van der Waals surface area (Å²) in [5.41, 5.74) is 2.66. The molecule has 4 aliphatic rings. The van der Waals surface area contributed by atoms with Gasteiger partial charge in [-0.05, 0) is 55.2 Å². The smallest absolute Gasteiger partial charge is 0.292 e. The zero-order valence-corrected chi connectivity index (χ0v) is 29.4. The van der Waals surface area contributed by atoms with E-state index in [1.165, 1.54) is 16.2 Å². The molecule has 1 saturated carbocycles. The van der Waals surface area contributed by atoms with Gasteiger partial charge in [-0.15, -0.1) is 0 Å². The second kappa shape index (κ2) is 15.0. The van der Waals surface area contributed by atoms with E-state index in [4.69, 9.17) is 16.4 Å². The Morgan fingerprint density at radius 1 is 1.06 bits per heavy atom. The Morgan fingerprint density at radius 2 is 1.79 bits per heavy atom. The Labute approximate surface area is 288 Å². The Hall–Kier alpha value is -3.44. The maximum absolute atomic E-state index is 14.5. The lowest BCUT2D eigenvalue weighted by Crippen LogP contribution is -2.59. The van der Waals surface area contributed by atoms with E-state index >= 15 is 0 Å². The van der Waals surface area contributed by atoms with E-state index in [0.717, 1.165) is 37.7 Å². The number of carbonyl (C=O) groups is 5. The Balaban J connectivity index is 1.41. The third-order valence-electron chi connectivity index (χ3n) is 10.0. The van der Waals surface area contributed by atoms with Gasteiger partial charge in [-0.1, -0.05) is 77.1 Å². The number of hydrogen-bond donors (Lipinski definition) is 3. The fraction of sp³-hybridized carbons (Fsp3) is 0.639. The molecule has 1 aromatic rings. The van der Waals surface area contributed by atoms with E-state index < -0.39 is 52.6 Å². The summed E-state index contributed by atoms with van der Waals surface area (Å²) in [7, 11) is 0. The standard InChI is InChI=1S/C36H50ClN5O6/c1-5-11-26(30(44)33(46)41-16-10-17-41)38-32(45)28-21-36(20-27(40-48-36)24-14-9-15-25(37)19-24)22-42(28)34(47)31(35(2,3)4)39-29(43)18-23-12-7-6-8-13-23/h9,14-15,19-20,23,26,28,31,40H,5-8,10-13,16-18,21-22H2,1-4H3,(H,38,45)(H,39,43)/t26-,28-,31+,36+/m0/s1. The van der Waals surface area contributed by atoms with Crippen LogP contribution in [-0.4, -0.2) is 82.6 Å². The number of amides is 4. The molecule has 12 heteroatoms. The largest absolute Gasteiger partial charge is 0.344 e. The van der Waals surface area contributed by atoms with Gasteiger partial charge in [0.1, 0.15) is 17.7 Å². The quantitative estimate of drug-likeness (QED) is 0.298. The van der Waals surface area contributed by atoms with Gasteiger partial charge in [-0.2, -0.15) is 0 Å². The highest BCUT2D eigenvalue weighted by molar-refractivity contribution is 6.38. The number of Topliss-reactive ketones (excluding diaryl/α,β-unsaturated/α-hetero) is 1. The summed E-state index contributed by atoms with van der Waals surface area (Å²) < 4.78 is 0. The summed E-state index contributed by atoms with van der Waals surface area (Å²) in [4.78, 5) is 77.2. The SMILES string of the molecule is CCC[C@H](NC(=O)[C@@H]1C[C@]2(C=C(c3cccc(Cl)c3)NO2)CN1C(=O)[C@@H](NC(=O)CC1CCCCC1)C(C)(C)C)C(=O)C(=O)N1CCC1. The van der Waals surface area contributed by atoms with E-state index in [2.05, 4.69) is 16.1 Å². The van der Waals surface area contributed by atoms with Gasteiger partial charge in [-0.3, -0.25) is 34.3 Å². The van der Waals surface area contributed by atoms with Crippen molar-refractivity contribution in [1.29, 1.82) is 0 Å². The second-order valence-corrected chi connectivity index (χ2v) is 15.4.